The van der Waals surface area contributed by atoms with Crippen LogP contribution in [0.5, 0.6) is 5.88 Å². The molecule has 7 heteroatoms. The zero-order valence-corrected chi connectivity index (χ0v) is 11.5. The molecule has 0 atom stereocenters. The zero-order chi connectivity index (χ0) is 14.4. The lowest BCUT2D eigenvalue weighted by molar-refractivity contribution is 0.177. The minimum atomic E-state index is 0.290. The van der Waals surface area contributed by atoms with E-state index in [9.17, 15) is 0 Å². The van der Waals surface area contributed by atoms with E-state index in [0.29, 0.717) is 29.8 Å². The summed E-state index contributed by atoms with van der Waals surface area (Å²) in [5, 5.41) is 3.15. The average Bonchev–Trinajstić information content (AvgIpc) is 2.48. The molecule has 3 N–H and O–H groups in total. The van der Waals surface area contributed by atoms with Gasteiger partial charge in [-0.05, 0) is 11.6 Å². The van der Waals surface area contributed by atoms with Crippen LogP contribution in [0.2, 0.25) is 0 Å². The van der Waals surface area contributed by atoms with Crippen molar-refractivity contribution < 1.29 is 9.47 Å². The second kappa shape index (κ2) is 6.67. The van der Waals surface area contributed by atoms with Gasteiger partial charge in [0, 0.05) is 26.0 Å². The van der Waals surface area contributed by atoms with Gasteiger partial charge in [0.25, 0.3) is 0 Å². The van der Waals surface area contributed by atoms with Crippen LogP contribution < -0.4 is 15.8 Å². The van der Waals surface area contributed by atoms with Crippen LogP contribution >= 0.6 is 0 Å². The molecule has 2 aromatic heterocycles. The minimum absolute atomic E-state index is 0.290. The molecular formula is C13H17N5O2. The van der Waals surface area contributed by atoms with E-state index in [1.807, 2.05) is 12.1 Å². The van der Waals surface area contributed by atoms with Crippen LogP contribution in [0.3, 0.4) is 0 Å². The van der Waals surface area contributed by atoms with E-state index in [1.165, 1.54) is 7.11 Å². The van der Waals surface area contributed by atoms with Gasteiger partial charge in [-0.15, -0.1) is 0 Å². The molecule has 0 aliphatic carbocycles. The molecule has 0 saturated carbocycles. The van der Waals surface area contributed by atoms with Crippen molar-refractivity contribution >= 4 is 11.5 Å². The fraction of sp³-hybridized carbons (Fsp3) is 0.308. The lowest BCUT2D eigenvalue weighted by atomic mass is 10.3. The highest BCUT2D eigenvalue weighted by atomic mass is 16.5. The first kappa shape index (κ1) is 14.0. The van der Waals surface area contributed by atoms with Crippen LogP contribution in [0.4, 0.5) is 11.5 Å². The fourth-order valence-electron chi connectivity index (χ4n) is 1.67. The van der Waals surface area contributed by atoms with Gasteiger partial charge in [0.1, 0.15) is 12.3 Å². The Labute approximate surface area is 117 Å². The Morgan fingerprint density at radius 1 is 1.30 bits per heavy atom. The second-order valence-corrected chi connectivity index (χ2v) is 4.06. The molecule has 0 fully saturated rings. The summed E-state index contributed by atoms with van der Waals surface area (Å²) in [5.74, 6) is 1.36. The number of nitrogens with zero attached hydrogens (tertiary/aromatic N) is 3. The number of rotatable bonds is 6. The SMILES string of the molecule is COCc1nc(NCc2cccnc2)c(N)c(OC)n1. The first-order chi connectivity index (χ1) is 9.74. The van der Waals surface area contributed by atoms with E-state index in [-0.39, 0.29) is 6.61 Å². The summed E-state index contributed by atoms with van der Waals surface area (Å²) in [6, 6.07) is 3.84. The average molecular weight is 275 g/mol. The third kappa shape index (κ3) is 3.33. The lowest BCUT2D eigenvalue weighted by Gasteiger charge is -2.12. The maximum Gasteiger partial charge on any atom is 0.242 e. The molecular weight excluding hydrogens is 258 g/mol. The molecule has 2 rings (SSSR count). The summed E-state index contributed by atoms with van der Waals surface area (Å²) < 4.78 is 10.2. The maximum absolute atomic E-state index is 5.95. The van der Waals surface area contributed by atoms with E-state index < -0.39 is 0 Å². The predicted molar refractivity (Wildman–Crippen MR) is 75.3 cm³/mol. The van der Waals surface area contributed by atoms with Gasteiger partial charge in [0.15, 0.2) is 11.6 Å². The van der Waals surface area contributed by atoms with Crippen LogP contribution in [0.1, 0.15) is 11.4 Å². The molecule has 0 aromatic carbocycles. The summed E-state index contributed by atoms with van der Waals surface area (Å²) in [4.78, 5) is 12.5. The number of ether oxygens (including phenoxy) is 2. The van der Waals surface area contributed by atoms with Crippen molar-refractivity contribution in [2.75, 3.05) is 25.3 Å². The fourth-order valence-corrected chi connectivity index (χ4v) is 1.67. The van der Waals surface area contributed by atoms with Crippen molar-refractivity contribution in [2.45, 2.75) is 13.2 Å². The Hall–Kier alpha value is -2.41. The highest BCUT2D eigenvalue weighted by molar-refractivity contribution is 5.66. The Morgan fingerprint density at radius 3 is 2.80 bits per heavy atom. The first-order valence-electron chi connectivity index (χ1n) is 6.06. The van der Waals surface area contributed by atoms with Gasteiger partial charge in [0.2, 0.25) is 5.88 Å². The molecule has 20 heavy (non-hydrogen) atoms. The maximum atomic E-state index is 5.95. The Morgan fingerprint density at radius 2 is 2.15 bits per heavy atom. The van der Waals surface area contributed by atoms with Gasteiger partial charge in [-0.25, -0.2) is 4.98 Å². The third-order valence-electron chi connectivity index (χ3n) is 2.61. The summed E-state index contributed by atoms with van der Waals surface area (Å²) in [5.41, 5.74) is 7.35. The molecule has 0 aliphatic heterocycles. The highest BCUT2D eigenvalue weighted by Gasteiger charge is 2.12. The van der Waals surface area contributed by atoms with E-state index in [1.54, 1.807) is 19.5 Å². The lowest BCUT2D eigenvalue weighted by Crippen LogP contribution is -2.10. The van der Waals surface area contributed by atoms with Crippen molar-refractivity contribution in [1.82, 2.24) is 15.0 Å². The van der Waals surface area contributed by atoms with Crippen LogP contribution in [0.15, 0.2) is 24.5 Å². The molecule has 0 bridgehead atoms. The van der Waals surface area contributed by atoms with Crippen molar-refractivity contribution in [3.63, 3.8) is 0 Å². The molecule has 0 spiro atoms. The van der Waals surface area contributed by atoms with Gasteiger partial charge in [-0.2, -0.15) is 4.98 Å². The van der Waals surface area contributed by atoms with Gasteiger partial charge in [0.05, 0.1) is 7.11 Å². The number of anilines is 2. The standard InChI is InChI=1S/C13H17N5O2/c1-19-8-10-17-12(11(14)13(18-10)20-2)16-7-9-4-3-5-15-6-9/h3-6H,7-8,14H2,1-2H3,(H,16,17,18). The summed E-state index contributed by atoms with van der Waals surface area (Å²) >= 11 is 0. The molecule has 0 radical (unpaired) electrons. The first-order valence-corrected chi connectivity index (χ1v) is 6.06. The zero-order valence-electron chi connectivity index (χ0n) is 11.5. The Balaban J connectivity index is 2.19. The third-order valence-corrected chi connectivity index (χ3v) is 2.61. The number of nitrogens with one attached hydrogen (secondary N) is 1. The van der Waals surface area contributed by atoms with Gasteiger partial charge in [-0.3, -0.25) is 4.98 Å². The van der Waals surface area contributed by atoms with Crippen molar-refractivity contribution in [3.05, 3.63) is 35.9 Å². The molecule has 7 nitrogen and oxygen atoms in total. The normalized spacial score (nSPS) is 10.3. The molecule has 0 amide bonds. The monoisotopic (exact) mass is 275 g/mol. The number of nitrogens with two attached hydrogens (primary N) is 1. The van der Waals surface area contributed by atoms with Crippen molar-refractivity contribution in [1.29, 1.82) is 0 Å². The Kier molecular flexibility index (Phi) is 4.67. The van der Waals surface area contributed by atoms with E-state index in [4.69, 9.17) is 15.2 Å². The van der Waals surface area contributed by atoms with Gasteiger partial charge >= 0.3 is 0 Å². The number of methoxy groups -OCH3 is 2. The van der Waals surface area contributed by atoms with Crippen LogP contribution in [-0.2, 0) is 17.9 Å². The van der Waals surface area contributed by atoms with Crippen molar-refractivity contribution in [3.8, 4) is 5.88 Å². The minimum Gasteiger partial charge on any atom is -0.479 e. The molecule has 0 saturated heterocycles. The van der Waals surface area contributed by atoms with E-state index in [2.05, 4.69) is 20.3 Å². The van der Waals surface area contributed by atoms with E-state index in [0.717, 1.165) is 5.56 Å². The van der Waals surface area contributed by atoms with Crippen LogP contribution in [-0.4, -0.2) is 29.2 Å². The number of hydrogen-bond acceptors (Lipinski definition) is 7. The van der Waals surface area contributed by atoms with Crippen LogP contribution in [0, 0.1) is 0 Å². The largest absolute Gasteiger partial charge is 0.479 e. The quantitative estimate of drug-likeness (QED) is 0.818. The topological polar surface area (TPSA) is 95.2 Å². The number of hydrogen-bond donors (Lipinski definition) is 2. The Bertz CT molecular complexity index is 562. The number of aromatic nitrogens is 3. The molecule has 0 aliphatic rings. The predicted octanol–water partition coefficient (Wildman–Crippen LogP) is 1.22. The van der Waals surface area contributed by atoms with Gasteiger partial charge in [-0.1, -0.05) is 6.07 Å². The van der Waals surface area contributed by atoms with Crippen LogP contribution in [0.25, 0.3) is 0 Å². The number of nitrogen functional groups attached to an aromatic ring is 1. The number of pyridine rings is 1. The molecule has 106 valence electrons. The summed E-state index contributed by atoms with van der Waals surface area (Å²) in [6.07, 6.45) is 3.50. The summed E-state index contributed by atoms with van der Waals surface area (Å²) in [7, 11) is 3.09. The summed E-state index contributed by atoms with van der Waals surface area (Å²) in [6.45, 7) is 0.850. The van der Waals surface area contributed by atoms with Gasteiger partial charge < -0.3 is 20.5 Å². The molecule has 0 unspecified atom stereocenters. The van der Waals surface area contributed by atoms with E-state index >= 15 is 0 Å². The highest BCUT2D eigenvalue weighted by Crippen LogP contribution is 2.26. The van der Waals surface area contributed by atoms with Crippen molar-refractivity contribution in [2.24, 2.45) is 0 Å². The smallest absolute Gasteiger partial charge is 0.242 e. The second-order valence-electron chi connectivity index (χ2n) is 4.06. The molecule has 2 aromatic rings. The molecule has 2 heterocycles.